The fourth-order valence-electron chi connectivity index (χ4n) is 2.00. The van der Waals surface area contributed by atoms with Crippen molar-refractivity contribution in [1.29, 1.82) is 0 Å². The minimum atomic E-state index is -0.223. The van der Waals surface area contributed by atoms with E-state index in [2.05, 4.69) is 0 Å². The molecule has 0 fully saturated rings. The number of carbonyl (C=O) groups is 1. The monoisotopic (exact) mass is 268 g/mol. The summed E-state index contributed by atoms with van der Waals surface area (Å²) in [5.74, 6) is 0.401. The molecule has 0 aliphatic heterocycles. The van der Waals surface area contributed by atoms with Crippen molar-refractivity contribution in [3.63, 3.8) is 0 Å². The standard InChI is InChI=1S/C16H12O2S/c17-16(11-13-7-4-10-19-13)18-15-9-3-6-12-5-1-2-8-14(12)15/h1-10H,11H2. The summed E-state index contributed by atoms with van der Waals surface area (Å²) in [5.41, 5.74) is 0. The van der Waals surface area contributed by atoms with Crippen LogP contribution in [0.4, 0.5) is 0 Å². The van der Waals surface area contributed by atoms with Crippen LogP contribution in [0.25, 0.3) is 10.8 Å². The number of esters is 1. The van der Waals surface area contributed by atoms with Crippen molar-refractivity contribution in [2.45, 2.75) is 6.42 Å². The van der Waals surface area contributed by atoms with E-state index in [1.165, 1.54) is 0 Å². The van der Waals surface area contributed by atoms with E-state index in [0.717, 1.165) is 15.6 Å². The van der Waals surface area contributed by atoms with Crippen molar-refractivity contribution in [2.75, 3.05) is 0 Å². The first kappa shape index (κ1) is 11.9. The number of hydrogen-bond donors (Lipinski definition) is 0. The van der Waals surface area contributed by atoms with E-state index in [1.54, 1.807) is 11.3 Å². The van der Waals surface area contributed by atoms with Crippen molar-refractivity contribution < 1.29 is 9.53 Å². The Bertz CT molecular complexity index is 696. The van der Waals surface area contributed by atoms with Crippen LogP contribution in [0.5, 0.6) is 5.75 Å². The van der Waals surface area contributed by atoms with E-state index in [1.807, 2.05) is 60.0 Å². The van der Waals surface area contributed by atoms with Gasteiger partial charge in [0.1, 0.15) is 5.75 Å². The molecule has 0 radical (unpaired) electrons. The summed E-state index contributed by atoms with van der Waals surface area (Å²) in [6.45, 7) is 0. The Hall–Kier alpha value is -2.13. The Balaban J connectivity index is 1.83. The summed E-state index contributed by atoms with van der Waals surface area (Å²) in [6, 6.07) is 17.5. The lowest BCUT2D eigenvalue weighted by molar-refractivity contribution is -0.133. The first-order valence-electron chi connectivity index (χ1n) is 6.04. The Morgan fingerprint density at radius 1 is 1.00 bits per heavy atom. The lowest BCUT2D eigenvalue weighted by Gasteiger charge is -2.07. The van der Waals surface area contributed by atoms with E-state index in [4.69, 9.17) is 4.74 Å². The van der Waals surface area contributed by atoms with Crippen molar-refractivity contribution in [3.8, 4) is 5.75 Å². The van der Waals surface area contributed by atoms with E-state index >= 15 is 0 Å². The van der Waals surface area contributed by atoms with Crippen LogP contribution in [0.15, 0.2) is 60.0 Å². The molecule has 94 valence electrons. The second kappa shape index (κ2) is 5.24. The summed E-state index contributed by atoms with van der Waals surface area (Å²) in [4.78, 5) is 12.9. The highest BCUT2D eigenvalue weighted by Crippen LogP contribution is 2.25. The number of carbonyl (C=O) groups excluding carboxylic acids is 1. The molecule has 1 aromatic heterocycles. The van der Waals surface area contributed by atoms with Gasteiger partial charge in [-0.1, -0.05) is 42.5 Å². The zero-order chi connectivity index (χ0) is 13.1. The van der Waals surface area contributed by atoms with Crippen molar-refractivity contribution in [1.82, 2.24) is 0 Å². The van der Waals surface area contributed by atoms with Gasteiger partial charge in [0.25, 0.3) is 0 Å². The lowest BCUT2D eigenvalue weighted by atomic mass is 10.1. The molecule has 2 nitrogen and oxygen atoms in total. The maximum Gasteiger partial charge on any atom is 0.316 e. The van der Waals surface area contributed by atoms with Gasteiger partial charge in [0.2, 0.25) is 0 Å². The van der Waals surface area contributed by atoms with Crippen LogP contribution in [-0.2, 0) is 11.2 Å². The molecule has 3 aromatic rings. The number of ether oxygens (including phenoxy) is 1. The van der Waals surface area contributed by atoms with Gasteiger partial charge in [-0.15, -0.1) is 11.3 Å². The number of rotatable bonds is 3. The predicted molar refractivity (Wildman–Crippen MR) is 77.6 cm³/mol. The van der Waals surface area contributed by atoms with Crippen LogP contribution >= 0.6 is 11.3 Å². The fraction of sp³-hybridized carbons (Fsp3) is 0.0625. The summed E-state index contributed by atoms with van der Waals surface area (Å²) in [7, 11) is 0. The second-order valence-corrected chi connectivity index (χ2v) is 5.24. The number of benzene rings is 2. The first-order valence-corrected chi connectivity index (χ1v) is 6.92. The summed E-state index contributed by atoms with van der Waals surface area (Å²) >= 11 is 1.56. The molecule has 0 aliphatic carbocycles. The molecule has 1 heterocycles. The van der Waals surface area contributed by atoms with Gasteiger partial charge in [0.05, 0.1) is 6.42 Å². The van der Waals surface area contributed by atoms with Gasteiger partial charge in [-0.3, -0.25) is 4.79 Å². The van der Waals surface area contributed by atoms with Gasteiger partial charge in [0.15, 0.2) is 0 Å². The molecule has 0 atom stereocenters. The van der Waals surface area contributed by atoms with E-state index in [-0.39, 0.29) is 5.97 Å². The highest BCUT2D eigenvalue weighted by molar-refractivity contribution is 7.10. The molecule has 0 amide bonds. The van der Waals surface area contributed by atoms with Crippen LogP contribution in [0.3, 0.4) is 0 Å². The first-order chi connectivity index (χ1) is 9.33. The molecule has 0 N–H and O–H groups in total. The van der Waals surface area contributed by atoms with Crippen molar-refractivity contribution in [2.24, 2.45) is 0 Å². The third-order valence-electron chi connectivity index (χ3n) is 2.87. The van der Waals surface area contributed by atoms with Gasteiger partial charge in [-0.2, -0.15) is 0 Å². The number of fused-ring (bicyclic) bond motifs is 1. The molecular weight excluding hydrogens is 256 g/mol. The molecule has 0 bridgehead atoms. The fourth-order valence-corrected chi connectivity index (χ4v) is 2.69. The Kier molecular flexibility index (Phi) is 3.29. The van der Waals surface area contributed by atoms with Gasteiger partial charge < -0.3 is 4.74 Å². The summed E-state index contributed by atoms with van der Waals surface area (Å²) in [5, 5.41) is 3.99. The smallest absolute Gasteiger partial charge is 0.316 e. The minimum Gasteiger partial charge on any atom is -0.426 e. The second-order valence-electron chi connectivity index (χ2n) is 4.21. The average molecular weight is 268 g/mol. The maximum atomic E-state index is 11.9. The quantitative estimate of drug-likeness (QED) is 0.529. The zero-order valence-electron chi connectivity index (χ0n) is 10.2. The minimum absolute atomic E-state index is 0.223. The normalized spacial score (nSPS) is 10.5. The Morgan fingerprint density at radius 2 is 1.84 bits per heavy atom. The van der Waals surface area contributed by atoms with Gasteiger partial charge in [-0.05, 0) is 22.9 Å². The van der Waals surface area contributed by atoms with Crippen LogP contribution < -0.4 is 4.74 Å². The lowest BCUT2D eigenvalue weighted by Crippen LogP contribution is -2.10. The number of hydrogen-bond acceptors (Lipinski definition) is 3. The van der Waals surface area contributed by atoms with Crippen molar-refractivity contribution >= 4 is 28.1 Å². The summed E-state index contributed by atoms with van der Waals surface area (Å²) in [6.07, 6.45) is 0.320. The average Bonchev–Trinajstić information content (AvgIpc) is 2.92. The molecular formula is C16H12O2S. The SMILES string of the molecule is O=C(Cc1cccs1)Oc1cccc2ccccc12. The van der Waals surface area contributed by atoms with Gasteiger partial charge in [0, 0.05) is 10.3 Å². The molecule has 19 heavy (non-hydrogen) atoms. The van der Waals surface area contributed by atoms with Gasteiger partial charge >= 0.3 is 5.97 Å². The molecule has 3 heteroatoms. The molecule has 0 saturated heterocycles. The van der Waals surface area contributed by atoms with E-state index in [0.29, 0.717) is 12.2 Å². The third kappa shape index (κ3) is 2.66. The third-order valence-corrected chi connectivity index (χ3v) is 3.75. The highest BCUT2D eigenvalue weighted by Gasteiger charge is 2.09. The molecule has 0 aliphatic rings. The molecule has 3 rings (SSSR count). The van der Waals surface area contributed by atoms with Crippen LogP contribution in [0.2, 0.25) is 0 Å². The van der Waals surface area contributed by atoms with Gasteiger partial charge in [-0.25, -0.2) is 0 Å². The highest BCUT2D eigenvalue weighted by atomic mass is 32.1. The topological polar surface area (TPSA) is 26.3 Å². The van der Waals surface area contributed by atoms with Crippen LogP contribution in [0, 0.1) is 0 Å². The largest absolute Gasteiger partial charge is 0.426 e. The molecule has 0 unspecified atom stereocenters. The van der Waals surface area contributed by atoms with Crippen LogP contribution in [0.1, 0.15) is 4.88 Å². The Morgan fingerprint density at radius 3 is 2.68 bits per heavy atom. The number of thiophene rings is 1. The molecule has 0 saturated carbocycles. The molecule has 0 spiro atoms. The maximum absolute atomic E-state index is 11.9. The van der Waals surface area contributed by atoms with Crippen LogP contribution in [-0.4, -0.2) is 5.97 Å². The molecule has 2 aromatic carbocycles. The summed E-state index contributed by atoms with van der Waals surface area (Å²) < 4.78 is 5.47. The predicted octanol–water partition coefficient (Wildman–Crippen LogP) is 4.05. The Labute approximate surface area is 115 Å². The van der Waals surface area contributed by atoms with Crippen molar-refractivity contribution in [3.05, 3.63) is 64.9 Å². The van der Waals surface area contributed by atoms with E-state index in [9.17, 15) is 4.79 Å². The van der Waals surface area contributed by atoms with E-state index < -0.39 is 0 Å². The zero-order valence-corrected chi connectivity index (χ0v) is 11.0.